The first-order valence-corrected chi connectivity index (χ1v) is 6.08. The van der Waals surface area contributed by atoms with Crippen molar-refractivity contribution >= 4 is 22.6 Å². The van der Waals surface area contributed by atoms with Crippen LogP contribution >= 0.6 is 22.6 Å². The first kappa shape index (κ1) is 8.33. The number of hydrogen-bond donors (Lipinski definition) is 0. The van der Waals surface area contributed by atoms with Gasteiger partial charge in [-0.1, -0.05) is 48.3 Å². The van der Waals surface area contributed by atoms with E-state index in [1.807, 2.05) is 0 Å². The second-order valence-corrected chi connectivity index (χ2v) is 6.37. The van der Waals surface area contributed by atoms with Crippen LogP contribution in [-0.2, 0) is 0 Å². The Morgan fingerprint density at radius 1 is 0.909 bits per heavy atom. The Hall–Kier alpha value is 0.730. The van der Waals surface area contributed by atoms with Gasteiger partial charge in [0.25, 0.3) is 0 Å². The van der Waals surface area contributed by atoms with E-state index in [-0.39, 0.29) is 0 Å². The largest absolute Gasteiger partial charge is 0.0786 e. The summed E-state index contributed by atoms with van der Waals surface area (Å²) in [5, 5.41) is 0. The van der Waals surface area contributed by atoms with Crippen LogP contribution in [-0.4, -0.2) is 3.42 Å². The van der Waals surface area contributed by atoms with Crippen LogP contribution in [0.2, 0.25) is 0 Å². The molecule has 0 atom stereocenters. The van der Waals surface area contributed by atoms with Gasteiger partial charge in [-0.2, -0.15) is 0 Å². The molecule has 0 bridgehead atoms. The third-order valence-corrected chi connectivity index (χ3v) is 5.48. The lowest BCUT2D eigenvalue weighted by Crippen LogP contribution is -2.25. The molecule has 0 aromatic heterocycles. The maximum absolute atomic E-state index is 2.77. The van der Waals surface area contributed by atoms with Gasteiger partial charge < -0.3 is 0 Å². The maximum Gasteiger partial charge on any atom is 0.0250 e. The minimum atomic E-state index is 0.744. The van der Waals surface area contributed by atoms with Crippen molar-refractivity contribution in [1.29, 1.82) is 0 Å². The van der Waals surface area contributed by atoms with E-state index in [1.54, 1.807) is 0 Å². The lowest BCUT2D eigenvalue weighted by molar-refractivity contribution is 0.410. The molecule has 11 heavy (non-hydrogen) atoms. The lowest BCUT2D eigenvalue weighted by atomic mass is 9.89. The van der Waals surface area contributed by atoms with Crippen molar-refractivity contribution in [2.45, 2.75) is 54.8 Å². The molecule has 64 valence electrons. The minimum Gasteiger partial charge on any atom is -0.0786 e. The van der Waals surface area contributed by atoms with Crippen molar-refractivity contribution in [2.24, 2.45) is 5.92 Å². The quantitative estimate of drug-likeness (QED) is 0.497. The highest BCUT2D eigenvalue weighted by Gasteiger charge is 2.39. The highest BCUT2D eigenvalue weighted by molar-refractivity contribution is 14.1. The lowest BCUT2D eigenvalue weighted by Gasteiger charge is -2.28. The van der Waals surface area contributed by atoms with E-state index >= 15 is 0 Å². The minimum absolute atomic E-state index is 0.744. The molecular weight excluding hydrogens is 247 g/mol. The molecule has 0 N–H and O–H groups in total. The zero-order valence-electron chi connectivity index (χ0n) is 7.11. The van der Waals surface area contributed by atoms with E-state index in [2.05, 4.69) is 22.6 Å². The highest BCUT2D eigenvalue weighted by Crippen LogP contribution is 2.49. The van der Waals surface area contributed by atoms with E-state index in [0.29, 0.717) is 0 Å². The van der Waals surface area contributed by atoms with Crippen molar-refractivity contribution in [3.8, 4) is 0 Å². The molecule has 2 saturated carbocycles. The summed E-state index contributed by atoms with van der Waals surface area (Å²) in [5.41, 5.74) is 0. The maximum atomic E-state index is 2.77. The van der Waals surface area contributed by atoms with Gasteiger partial charge in [-0.25, -0.2) is 0 Å². The fourth-order valence-electron chi connectivity index (χ4n) is 2.81. The Balaban J connectivity index is 2.00. The van der Waals surface area contributed by atoms with Gasteiger partial charge in [-0.3, -0.25) is 0 Å². The van der Waals surface area contributed by atoms with Crippen LogP contribution in [0.15, 0.2) is 0 Å². The summed E-state index contributed by atoms with van der Waals surface area (Å²) in [6.45, 7) is 0. The first-order valence-electron chi connectivity index (χ1n) is 5.00. The van der Waals surface area contributed by atoms with Crippen molar-refractivity contribution in [1.82, 2.24) is 0 Å². The van der Waals surface area contributed by atoms with Crippen molar-refractivity contribution in [3.05, 3.63) is 0 Å². The number of hydrogen-bond acceptors (Lipinski definition) is 0. The number of alkyl halides is 1. The molecule has 0 saturated heterocycles. The van der Waals surface area contributed by atoms with Gasteiger partial charge in [0.1, 0.15) is 0 Å². The summed E-state index contributed by atoms with van der Waals surface area (Å²) in [4.78, 5) is 0. The third-order valence-electron chi connectivity index (χ3n) is 3.52. The fraction of sp³-hybridized carbons (Fsp3) is 1.00. The molecule has 0 aliphatic heterocycles. The predicted octanol–water partition coefficient (Wildman–Crippen LogP) is 3.92. The van der Waals surface area contributed by atoms with Crippen LogP contribution in [0.3, 0.4) is 0 Å². The Bertz CT molecular complexity index is 130. The van der Waals surface area contributed by atoms with Gasteiger partial charge in [-0.05, 0) is 31.6 Å². The van der Waals surface area contributed by atoms with Gasteiger partial charge in [0.15, 0.2) is 0 Å². The molecule has 0 heterocycles. The summed E-state index contributed by atoms with van der Waals surface area (Å²) in [5.74, 6) is 1.09. The Labute approximate surface area is 83.3 Å². The molecule has 1 heteroatoms. The van der Waals surface area contributed by atoms with Crippen molar-refractivity contribution in [3.63, 3.8) is 0 Å². The fourth-order valence-corrected chi connectivity index (χ4v) is 4.20. The van der Waals surface area contributed by atoms with E-state index in [4.69, 9.17) is 0 Å². The average Bonchev–Trinajstić information content (AvgIpc) is 2.55. The molecular formula is C10H17I. The molecule has 0 radical (unpaired) electrons. The van der Waals surface area contributed by atoms with Crippen LogP contribution < -0.4 is 0 Å². The SMILES string of the molecule is IC1(C2CCCC2)CCCC1. The second kappa shape index (κ2) is 3.23. The Kier molecular flexibility index (Phi) is 2.45. The number of halogens is 1. The number of rotatable bonds is 1. The van der Waals surface area contributed by atoms with Crippen LogP contribution in [0.4, 0.5) is 0 Å². The van der Waals surface area contributed by atoms with E-state index in [1.165, 1.54) is 51.4 Å². The monoisotopic (exact) mass is 264 g/mol. The first-order chi connectivity index (χ1) is 5.31. The van der Waals surface area contributed by atoms with Crippen LogP contribution in [0, 0.1) is 5.92 Å². The van der Waals surface area contributed by atoms with Gasteiger partial charge in [0.05, 0.1) is 0 Å². The van der Waals surface area contributed by atoms with Gasteiger partial charge >= 0.3 is 0 Å². The van der Waals surface area contributed by atoms with E-state index in [9.17, 15) is 0 Å². The smallest absolute Gasteiger partial charge is 0.0250 e. The van der Waals surface area contributed by atoms with Gasteiger partial charge in [0, 0.05) is 3.42 Å². The third kappa shape index (κ3) is 1.58. The molecule has 0 aromatic carbocycles. The Morgan fingerprint density at radius 3 is 2.00 bits per heavy atom. The van der Waals surface area contributed by atoms with E-state index < -0.39 is 0 Å². The van der Waals surface area contributed by atoms with Gasteiger partial charge in [0.2, 0.25) is 0 Å². The summed E-state index contributed by atoms with van der Waals surface area (Å²) in [6.07, 6.45) is 12.1. The Morgan fingerprint density at radius 2 is 1.45 bits per heavy atom. The summed E-state index contributed by atoms with van der Waals surface area (Å²) in [7, 11) is 0. The topological polar surface area (TPSA) is 0 Å². The normalized spacial score (nSPS) is 31.4. The molecule has 0 amide bonds. The standard InChI is InChI=1S/C10H17I/c11-10(7-3-4-8-10)9-5-1-2-6-9/h9H,1-8H2. The summed E-state index contributed by atoms with van der Waals surface area (Å²) in [6, 6.07) is 0. The molecule has 0 nitrogen and oxygen atoms in total. The summed E-state index contributed by atoms with van der Waals surface area (Å²) < 4.78 is 0.744. The van der Waals surface area contributed by atoms with E-state index in [0.717, 1.165) is 9.34 Å². The zero-order valence-corrected chi connectivity index (χ0v) is 9.27. The van der Waals surface area contributed by atoms with Gasteiger partial charge in [-0.15, -0.1) is 0 Å². The average molecular weight is 264 g/mol. The molecule has 0 aromatic rings. The van der Waals surface area contributed by atoms with Crippen LogP contribution in [0.1, 0.15) is 51.4 Å². The summed E-state index contributed by atoms with van der Waals surface area (Å²) >= 11 is 2.77. The molecule has 0 unspecified atom stereocenters. The molecule has 2 aliphatic carbocycles. The highest BCUT2D eigenvalue weighted by atomic mass is 127. The predicted molar refractivity (Wildman–Crippen MR) is 57.2 cm³/mol. The molecule has 2 rings (SSSR count). The van der Waals surface area contributed by atoms with Crippen LogP contribution in [0.25, 0.3) is 0 Å². The van der Waals surface area contributed by atoms with Crippen LogP contribution in [0.5, 0.6) is 0 Å². The zero-order chi connectivity index (χ0) is 7.73. The molecule has 0 spiro atoms. The molecule has 2 fully saturated rings. The second-order valence-electron chi connectivity index (χ2n) is 4.22. The van der Waals surface area contributed by atoms with Crippen molar-refractivity contribution in [2.75, 3.05) is 0 Å². The molecule has 2 aliphatic rings. The van der Waals surface area contributed by atoms with Crippen molar-refractivity contribution < 1.29 is 0 Å².